The van der Waals surface area contributed by atoms with Crippen molar-refractivity contribution in [2.45, 2.75) is 12.5 Å². The number of carbonyl (C=O) groups is 1. The number of nitrogens with one attached hydrogen (secondary N) is 1. The number of likely N-dealkylation sites (N-methyl/N-ethyl adjacent to an activating group) is 1. The molecular weight excluding hydrogens is 266 g/mol. The number of benzene rings is 1. The van der Waals surface area contributed by atoms with Crippen molar-refractivity contribution in [1.29, 1.82) is 0 Å². The van der Waals surface area contributed by atoms with Crippen LogP contribution in [0.2, 0.25) is 5.02 Å². The Balaban J connectivity index is 2.68. The molecule has 6 heteroatoms. The molecule has 0 aromatic heterocycles. The minimum atomic E-state index is -1.01. The summed E-state index contributed by atoms with van der Waals surface area (Å²) < 4.78 is 0. The van der Waals surface area contributed by atoms with Crippen molar-refractivity contribution in [3.63, 3.8) is 0 Å². The van der Waals surface area contributed by atoms with Crippen LogP contribution in [0.3, 0.4) is 0 Å². The number of amides is 1. The van der Waals surface area contributed by atoms with E-state index in [1.165, 1.54) is 6.07 Å². The summed E-state index contributed by atoms with van der Waals surface area (Å²) in [5.74, 6) is -0.351. The molecule has 0 spiro atoms. The number of carbonyl (C=O) groups excluding carboxylic acids is 1. The molecule has 0 heterocycles. The Labute approximate surface area is 118 Å². The molecule has 0 saturated carbocycles. The molecule has 0 bridgehead atoms. The summed E-state index contributed by atoms with van der Waals surface area (Å²) in [7, 11) is 3.70. The first-order valence-electron chi connectivity index (χ1n) is 5.91. The lowest BCUT2D eigenvalue weighted by Gasteiger charge is -2.27. The van der Waals surface area contributed by atoms with E-state index in [0.717, 1.165) is 0 Å². The maximum atomic E-state index is 12.0. The van der Waals surface area contributed by atoms with E-state index < -0.39 is 5.60 Å². The molecule has 5 nitrogen and oxygen atoms in total. The largest absolute Gasteiger partial charge is 0.399 e. The zero-order chi connectivity index (χ0) is 14.6. The Kier molecular flexibility index (Phi) is 5.17. The lowest BCUT2D eigenvalue weighted by molar-refractivity contribution is 0.0326. The Bertz CT molecular complexity index is 461. The lowest BCUT2D eigenvalue weighted by atomic mass is 10.1. The van der Waals surface area contributed by atoms with Crippen LogP contribution in [0.1, 0.15) is 17.3 Å². The van der Waals surface area contributed by atoms with E-state index >= 15 is 0 Å². The van der Waals surface area contributed by atoms with Crippen LogP contribution >= 0.6 is 11.6 Å². The van der Waals surface area contributed by atoms with Crippen LogP contribution in [-0.4, -0.2) is 48.7 Å². The van der Waals surface area contributed by atoms with Crippen LogP contribution in [0.5, 0.6) is 0 Å². The summed E-state index contributed by atoms with van der Waals surface area (Å²) in [4.78, 5) is 13.8. The van der Waals surface area contributed by atoms with E-state index in [4.69, 9.17) is 17.3 Å². The summed E-state index contributed by atoms with van der Waals surface area (Å²) in [5, 5.41) is 13.1. The monoisotopic (exact) mass is 285 g/mol. The van der Waals surface area contributed by atoms with Crippen molar-refractivity contribution < 1.29 is 9.90 Å². The molecule has 0 fully saturated rings. The highest BCUT2D eigenvalue weighted by atomic mass is 35.5. The van der Waals surface area contributed by atoms with Gasteiger partial charge in [0.05, 0.1) is 16.2 Å². The average Bonchev–Trinajstić information content (AvgIpc) is 2.27. The SMILES string of the molecule is CN(C)CC(C)(O)CNC(=O)c1cc(N)ccc1Cl. The minimum Gasteiger partial charge on any atom is -0.399 e. The molecule has 19 heavy (non-hydrogen) atoms. The summed E-state index contributed by atoms with van der Waals surface area (Å²) in [6.45, 7) is 2.24. The van der Waals surface area contributed by atoms with Gasteiger partial charge in [-0.3, -0.25) is 4.79 Å². The molecule has 1 amide bonds. The Morgan fingerprint density at radius 1 is 1.53 bits per heavy atom. The van der Waals surface area contributed by atoms with Gasteiger partial charge in [-0.05, 0) is 39.2 Å². The van der Waals surface area contributed by atoms with E-state index in [1.807, 2.05) is 19.0 Å². The maximum absolute atomic E-state index is 12.0. The summed E-state index contributed by atoms with van der Waals surface area (Å²) in [5.41, 5.74) is 5.39. The molecule has 1 aromatic rings. The van der Waals surface area contributed by atoms with Crippen molar-refractivity contribution in [3.05, 3.63) is 28.8 Å². The van der Waals surface area contributed by atoms with Crippen molar-refractivity contribution in [2.75, 3.05) is 32.9 Å². The number of nitrogens with zero attached hydrogens (tertiary/aromatic N) is 1. The molecule has 1 unspecified atom stereocenters. The van der Waals surface area contributed by atoms with E-state index in [9.17, 15) is 9.90 Å². The zero-order valence-corrected chi connectivity index (χ0v) is 12.2. The Morgan fingerprint density at radius 2 is 2.16 bits per heavy atom. The van der Waals surface area contributed by atoms with Crippen LogP contribution in [0.25, 0.3) is 0 Å². The van der Waals surface area contributed by atoms with Gasteiger partial charge in [0.1, 0.15) is 0 Å². The second-order valence-electron chi connectivity index (χ2n) is 5.16. The van der Waals surface area contributed by atoms with Crippen LogP contribution < -0.4 is 11.1 Å². The van der Waals surface area contributed by atoms with Gasteiger partial charge < -0.3 is 21.1 Å². The molecule has 1 rings (SSSR count). The van der Waals surface area contributed by atoms with Crippen LogP contribution in [0.15, 0.2) is 18.2 Å². The molecule has 1 aromatic carbocycles. The standard InChI is InChI=1S/C13H20ClN3O2/c1-13(19,8-17(2)3)7-16-12(18)10-6-9(15)4-5-11(10)14/h4-6,19H,7-8,15H2,1-3H3,(H,16,18). The van der Waals surface area contributed by atoms with Crippen molar-refractivity contribution in [1.82, 2.24) is 10.2 Å². The number of hydrogen-bond acceptors (Lipinski definition) is 4. The van der Waals surface area contributed by atoms with Crippen molar-refractivity contribution in [3.8, 4) is 0 Å². The zero-order valence-electron chi connectivity index (χ0n) is 11.4. The second kappa shape index (κ2) is 6.23. The van der Waals surface area contributed by atoms with Gasteiger partial charge in [-0.25, -0.2) is 0 Å². The Hall–Kier alpha value is -1.30. The fraction of sp³-hybridized carbons (Fsp3) is 0.462. The van der Waals surface area contributed by atoms with Gasteiger partial charge in [0.25, 0.3) is 5.91 Å². The molecule has 0 aliphatic heterocycles. The summed E-state index contributed by atoms with van der Waals surface area (Å²) >= 11 is 5.94. The topological polar surface area (TPSA) is 78.6 Å². The van der Waals surface area contributed by atoms with E-state index in [0.29, 0.717) is 22.8 Å². The third kappa shape index (κ3) is 5.06. The highest BCUT2D eigenvalue weighted by Gasteiger charge is 2.23. The van der Waals surface area contributed by atoms with Gasteiger partial charge in [0.15, 0.2) is 0 Å². The molecule has 0 aliphatic rings. The predicted octanol–water partition coefficient (Wildman–Crippen LogP) is 0.965. The fourth-order valence-corrected chi connectivity index (χ4v) is 2.02. The van der Waals surface area contributed by atoms with E-state index in [1.54, 1.807) is 19.1 Å². The van der Waals surface area contributed by atoms with E-state index in [-0.39, 0.29) is 12.5 Å². The van der Waals surface area contributed by atoms with Gasteiger partial charge in [0, 0.05) is 18.8 Å². The average molecular weight is 286 g/mol. The first-order valence-corrected chi connectivity index (χ1v) is 6.29. The predicted molar refractivity (Wildman–Crippen MR) is 77.4 cm³/mol. The van der Waals surface area contributed by atoms with Gasteiger partial charge >= 0.3 is 0 Å². The molecule has 106 valence electrons. The third-order valence-electron chi connectivity index (χ3n) is 2.52. The molecule has 0 radical (unpaired) electrons. The minimum absolute atomic E-state index is 0.134. The summed E-state index contributed by atoms with van der Waals surface area (Å²) in [6.07, 6.45) is 0. The number of rotatable bonds is 5. The van der Waals surface area contributed by atoms with E-state index in [2.05, 4.69) is 5.32 Å². The third-order valence-corrected chi connectivity index (χ3v) is 2.85. The van der Waals surface area contributed by atoms with Gasteiger partial charge in [-0.15, -0.1) is 0 Å². The molecular formula is C13H20ClN3O2. The highest BCUT2D eigenvalue weighted by Crippen LogP contribution is 2.18. The van der Waals surface area contributed by atoms with Crippen molar-refractivity contribution in [2.24, 2.45) is 0 Å². The second-order valence-corrected chi connectivity index (χ2v) is 5.56. The van der Waals surface area contributed by atoms with Crippen molar-refractivity contribution >= 4 is 23.2 Å². The van der Waals surface area contributed by atoms with Gasteiger partial charge in [0.2, 0.25) is 0 Å². The van der Waals surface area contributed by atoms with Crippen LogP contribution in [0, 0.1) is 0 Å². The molecule has 0 saturated heterocycles. The van der Waals surface area contributed by atoms with Crippen LogP contribution in [-0.2, 0) is 0 Å². The molecule has 0 aliphatic carbocycles. The lowest BCUT2D eigenvalue weighted by Crippen LogP contribution is -2.47. The number of anilines is 1. The number of nitrogens with two attached hydrogens (primary N) is 1. The smallest absolute Gasteiger partial charge is 0.252 e. The number of aliphatic hydroxyl groups is 1. The fourth-order valence-electron chi connectivity index (χ4n) is 1.82. The highest BCUT2D eigenvalue weighted by molar-refractivity contribution is 6.34. The number of nitrogen functional groups attached to an aromatic ring is 1. The van der Waals surface area contributed by atoms with Crippen LogP contribution in [0.4, 0.5) is 5.69 Å². The number of halogens is 1. The van der Waals surface area contributed by atoms with Gasteiger partial charge in [-0.2, -0.15) is 0 Å². The first-order chi connectivity index (χ1) is 8.71. The molecule has 1 atom stereocenters. The normalized spacial score (nSPS) is 14.2. The molecule has 4 N–H and O–H groups in total. The summed E-state index contributed by atoms with van der Waals surface area (Å²) in [6, 6.07) is 4.71. The maximum Gasteiger partial charge on any atom is 0.252 e. The Morgan fingerprint density at radius 3 is 2.74 bits per heavy atom. The van der Waals surface area contributed by atoms with Gasteiger partial charge in [-0.1, -0.05) is 11.6 Å². The quantitative estimate of drug-likeness (QED) is 0.704. The first kappa shape index (κ1) is 15.8. The number of hydrogen-bond donors (Lipinski definition) is 3.